The van der Waals surface area contributed by atoms with Gasteiger partial charge in [0.05, 0.1) is 32.1 Å². The predicted molar refractivity (Wildman–Crippen MR) is 102 cm³/mol. The summed E-state index contributed by atoms with van der Waals surface area (Å²) >= 11 is 0. The zero-order chi connectivity index (χ0) is 19.4. The van der Waals surface area contributed by atoms with Crippen LogP contribution in [0, 0.1) is 0 Å². The SMILES string of the molecule is CCNC(=NCC(C)(C)NS(C)(=O)=O)N1CCOC(c2cnn(C)c2)C1. The van der Waals surface area contributed by atoms with Crippen LogP contribution in [0.5, 0.6) is 0 Å². The molecule has 2 N–H and O–H groups in total. The molecule has 0 saturated carbocycles. The molecule has 10 heteroatoms. The van der Waals surface area contributed by atoms with E-state index in [-0.39, 0.29) is 6.10 Å². The van der Waals surface area contributed by atoms with Crippen LogP contribution in [0.25, 0.3) is 0 Å². The molecule has 0 aliphatic carbocycles. The van der Waals surface area contributed by atoms with E-state index in [0.717, 1.165) is 30.9 Å². The van der Waals surface area contributed by atoms with Crippen molar-refractivity contribution in [3.8, 4) is 0 Å². The maximum absolute atomic E-state index is 11.5. The van der Waals surface area contributed by atoms with Crippen LogP contribution in [0.4, 0.5) is 0 Å². The Labute approximate surface area is 155 Å². The number of hydrogen-bond donors (Lipinski definition) is 2. The summed E-state index contributed by atoms with van der Waals surface area (Å²) in [4.78, 5) is 6.79. The Kier molecular flexibility index (Phi) is 6.64. The number of aromatic nitrogens is 2. The molecule has 0 spiro atoms. The van der Waals surface area contributed by atoms with Crippen LogP contribution in [0.1, 0.15) is 32.4 Å². The third kappa shape index (κ3) is 6.26. The smallest absolute Gasteiger partial charge is 0.209 e. The van der Waals surface area contributed by atoms with Crippen molar-refractivity contribution >= 4 is 16.0 Å². The molecule has 0 aromatic carbocycles. The third-order valence-electron chi connectivity index (χ3n) is 3.88. The van der Waals surface area contributed by atoms with E-state index in [4.69, 9.17) is 4.74 Å². The van der Waals surface area contributed by atoms with Crippen molar-refractivity contribution < 1.29 is 13.2 Å². The van der Waals surface area contributed by atoms with Gasteiger partial charge in [0.15, 0.2) is 5.96 Å². The summed E-state index contributed by atoms with van der Waals surface area (Å²) in [7, 11) is -1.41. The van der Waals surface area contributed by atoms with Gasteiger partial charge in [0.25, 0.3) is 0 Å². The zero-order valence-corrected chi connectivity index (χ0v) is 17.0. The van der Waals surface area contributed by atoms with Gasteiger partial charge in [0.1, 0.15) is 6.10 Å². The van der Waals surface area contributed by atoms with Crippen molar-refractivity contribution in [1.29, 1.82) is 0 Å². The topological polar surface area (TPSA) is 101 Å². The van der Waals surface area contributed by atoms with E-state index in [9.17, 15) is 8.42 Å². The number of hydrogen-bond acceptors (Lipinski definition) is 5. The Hall–Kier alpha value is -1.65. The van der Waals surface area contributed by atoms with Crippen LogP contribution in [0.3, 0.4) is 0 Å². The molecule has 1 aromatic heterocycles. The molecule has 148 valence electrons. The molecule has 1 aliphatic heterocycles. The zero-order valence-electron chi connectivity index (χ0n) is 16.2. The molecule has 26 heavy (non-hydrogen) atoms. The maximum atomic E-state index is 11.5. The Morgan fingerprint density at radius 2 is 2.23 bits per heavy atom. The van der Waals surface area contributed by atoms with Crippen LogP contribution >= 0.6 is 0 Å². The number of nitrogens with zero attached hydrogens (tertiary/aromatic N) is 4. The number of morpholine rings is 1. The maximum Gasteiger partial charge on any atom is 0.209 e. The summed E-state index contributed by atoms with van der Waals surface area (Å²) in [6, 6.07) is 0. The molecule has 0 bridgehead atoms. The van der Waals surface area contributed by atoms with Gasteiger partial charge in [-0.3, -0.25) is 9.67 Å². The molecular formula is C16H30N6O3S. The van der Waals surface area contributed by atoms with Crippen LogP contribution < -0.4 is 10.0 Å². The lowest BCUT2D eigenvalue weighted by Crippen LogP contribution is -2.50. The molecule has 1 aliphatic rings. The first-order valence-electron chi connectivity index (χ1n) is 8.72. The number of aryl methyl sites for hydroxylation is 1. The van der Waals surface area contributed by atoms with E-state index in [2.05, 4.69) is 25.0 Å². The van der Waals surface area contributed by atoms with Gasteiger partial charge in [0, 0.05) is 37.4 Å². The number of ether oxygens (including phenoxy) is 1. The lowest BCUT2D eigenvalue weighted by atomic mass is 10.1. The Morgan fingerprint density at radius 1 is 1.50 bits per heavy atom. The van der Waals surface area contributed by atoms with Crippen LogP contribution in [0.2, 0.25) is 0 Å². The highest BCUT2D eigenvalue weighted by atomic mass is 32.2. The average molecular weight is 387 g/mol. The van der Waals surface area contributed by atoms with E-state index in [1.807, 2.05) is 40.2 Å². The third-order valence-corrected chi connectivity index (χ3v) is 4.81. The van der Waals surface area contributed by atoms with Gasteiger partial charge in [-0.15, -0.1) is 0 Å². The van der Waals surface area contributed by atoms with Crippen molar-refractivity contribution in [3.05, 3.63) is 18.0 Å². The monoisotopic (exact) mass is 386 g/mol. The number of sulfonamides is 1. The quantitative estimate of drug-likeness (QED) is 0.531. The van der Waals surface area contributed by atoms with E-state index in [0.29, 0.717) is 19.7 Å². The second-order valence-corrected chi connectivity index (χ2v) is 8.93. The fourth-order valence-electron chi connectivity index (χ4n) is 2.88. The molecule has 1 aromatic rings. The van der Waals surface area contributed by atoms with Crippen molar-refractivity contribution in [2.24, 2.45) is 12.0 Å². The molecule has 1 fully saturated rings. The van der Waals surface area contributed by atoms with Crippen LogP contribution in [-0.2, 0) is 21.8 Å². The fraction of sp³-hybridized carbons (Fsp3) is 0.750. The highest BCUT2D eigenvalue weighted by Crippen LogP contribution is 2.21. The molecule has 9 nitrogen and oxygen atoms in total. The largest absolute Gasteiger partial charge is 0.370 e. The normalized spacial score (nSPS) is 19.7. The Balaban J connectivity index is 2.09. The van der Waals surface area contributed by atoms with Gasteiger partial charge in [-0.1, -0.05) is 0 Å². The van der Waals surface area contributed by atoms with Crippen molar-refractivity contribution in [3.63, 3.8) is 0 Å². The molecule has 0 radical (unpaired) electrons. The molecule has 1 atom stereocenters. The first kappa shape index (κ1) is 20.7. The predicted octanol–water partition coefficient (Wildman–Crippen LogP) is 0.0867. The van der Waals surface area contributed by atoms with Crippen LogP contribution in [0.15, 0.2) is 17.4 Å². The molecule has 1 saturated heterocycles. The molecular weight excluding hydrogens is 356 g/mol. The minimum atomic E-state index is -3.29. The first-order valence-corrected chi connectivity index (χ1v) is 10.6. The number of rotatable bonds is 6. The molecule has 2 heterocycles. The molecule has 2 rings (SSSR count). The van der Waals surface area contributed by atoms with Gasteiger partial charge in [-0.25, -0.2) is 13.1 Å². The van der Waals surface area contributed by atoms with Gasteiger partial charge in [-0.2, -0.15) is 5.10 Å². The van der Waals surface area contributed by atoms with Crippen molar-refractivity contribution in [1.82, 2.24) is 24.7 Å². The standard InChI is InChI=1S/C16H30N6O3S/c1-6-17-15(18-12-16(2,3)20-26(5,23)24)22-7-8-25-14(11-22)13-9-19-21(4)10-13/h9-10,14,20H,6-8,11-12H2,1-5H3,(H,17,18). The van der Waals surface area contributed by atoms with E-state index in [1.165, 1.54) is 0 Å². The Bertz CT molecular complexity index is 728. The van der Waals surface area contributed by atoms with Gasteiger partial charge in [0.2, 0.25) is 10.0 Å². The lowest BCUT2D eigenvalue weighted by Gasteiger charge is -2.35. The van der Waals surface area contributed by atoms with Crippen molar-refractivity contribution in [2.45, 2.75) is 32.4 Å². The second kappa shape index (κ2) is 8.36. The number of aliphatic imine (C=N–C) groups is 1. The molecule has 0 amide bonds. The van der Waals surface area contributed by atoms with E-state index < -0.39 is 15.6 Å². The fourth-order valence-corrected chi connectivity index (χ4v) is 3.95. The second-order valence-electron chi connectivity index (χ2n) is 7.18. The summed E-state index contributed by atoms with van der Waals surface area (Å²) in [5.41, 5.74) is 0.371. The summed E-state index contributed by atoms with van der Waals surface area (Å²) in [6.45, 7) is 8.69. The van der Waals surface area contributed by atoms with Gasteiger partial charge >= 0.3 is 0 Å². The minimum absolute atomic E-state index is 0.0662. The highest BCUT2D eigenvalue weighted by Gasteiger charge is 2.27. The van der Waals surface area contributed by atoms with E-state index in [1.54, 1.807) is 4.68 Å². The number of guanidine groups is 1. The highest BCUT2D eigenvalue weighted by molar-refractivity contribution is 7.88. The number of nitrogens with one attached hydrogen (secondary N) is 2. The Morgan fingerprint density at radius 3 is 2.81 bits per heavy atom. The van der Waals surface area contributed by atoms with E-state index >= 15 is 0 Å². The summed E-state index contributed by atoms with van der Waals surface area (Å²) in [5, 5.41) is 7.50. The van der Waals surface area contributed by atoms with Crippen molar-refractivity contribution in [2.75, 3.05) is 39.0 Å². The minimum Gasteiger partial charge on any atom is -0.370 e. The summed E-state index contributed by atoms with van der Waals surface area (Å²) < 4.78 is 33.3. The van der Waals surface area contributed by atoms with Crippen LogP contribution in [-0.4, -0.2) is 73.6 Å². The van der Waals surface area contributed by atoms with Gasteiger partial charge in [-0.05, 0) is 20.8 Å². The van der Waals surface area contributed by atoms with Gasteiger partial charge < -0.3 is 15.0 Å². The summed E-state index contributed by atoms with van der Waals surface area (Å²) in [6.07, 6.45) is 4.86. The molecule has 1 unspecified atom stereocenters. The lowest BCUT2D eigenvalue weighted by molar-refractivity contribution is -0.00806. The first-order chi connectivity index (χ1) is 12.1. The summed E-state index contributed by atoms with van der Waals surface area (Å²) in [5.74, 6) is 0.757. The average Bonchev–Trinajstić information content (AvgIpc) is 2.96.